The van der Waals surface area contributed by atoms with E-state index < -0.39 is 6.04 Å². The second-order valence-electron chi connectivity index (χ2n) is 3.06. The Bertz CT molecular complexity index is 341. The van der Waals surface area contributed by atoms with Gasteiger partial charge in [-0.25, -0.2) is 4.98 Å². The molecule has 1 aromatic rings. The van der Waals surface area contributed by atoms with E-state index in [1.807, 2.05) is 6.92 Å². The summed E-state index contributed by atoms with van der Waals surface area (Å²) in [5, 5.41) is 2.66. The van der Waals surface area contributed by atoms with Crippen molar-refractivity contribution < 1.29 is 9.53 Å². The summed E-state index contributed by atoms with van der Waals surface area (Å²) in [7, 11) is 1.50. The smallest absolute Gasteiger partial charge is 0.241 e. The second-order valence-corrected chi connectivity index (χ2v) is 3.06. The molecular formula is C10H15N3O2. The van der Waals surface area contributed by atoms with Crippen LogP contribution in [-0.4, -0.2) is 24.0 Å². The minimum atomic E-state index is -0.505. The molecule has 0 fully saturated rings. The molecule has 0 aliphatic rings. The molecule has 0 saturated heterocycles. The Balaban J connectivity index is 2.76. The molecule has 3 N–H and O–H groups in total. The van der Waals surface area contributed by atoms with Crippen molar-refractivity contribution in [1.29, 1.82) is 0 Å². The summed E-state index contributed by atoms with van der Waals surface area (Å²) in [4.78, 5) is 15.4. The van der Waals surface area contributed by atoms with Crippen molar-refractivity contribution in [2.75, 3.05) is 12.4 Å². The summed E-state index contributed by atoms with van der Waals surface area (Å²) >= 11 is 0. The van der Waals surface area contributed by atoms with Crippen LogP contribution in [0, 0.1) is 0 Å². The summed E-state index contributed by atoms with van der Waals surface area (Å²) < 4.78 is 4.99. The number of aromatic nitrogens is 1. The first-order valence-corrected chi connectivity index (χ1v) is 4.74. The molecule has 0 aliphatic carbocycles. The highest BCUT2D eigenvalue weighted by Gasteiger charge is 2.13. The van der Waals surface area contributed by atoms with Gasteiger partial charge in [0.15, 0.2) is 0 Å². The highest BCUT2D eigenvalue weighted by atomic mass is 16.5. The van der Waals surface area contributed by atoms with Gasteiger partial charge in [-0.15, -0.1) is 0 Å². The van der Waals surface area contributed by atoms with Crippen molar-refractivity contribution in [3.8, 4) is 5.88 Å². The van der Waals surface area contributed by atoms with Crippen molar-refractivity contribution in [1.82, 2.24) is 4.98 Å². The zero-order valence-corrected chi connectivity index (χ0v) is 8.86. The van der Waals surface area contributed by atoms with E-state index >= 15 is 0 Å². The number of methoxy groups -OCH3 is 1. The zero-order valence-electron chi connectivity index (χ0n) is 8.86. The molecule has 15 heavy (non-hydrogen) atoms. The molecule has 5 heteroatoms. The van der Waals surface area contributed by atoms with Crippen molar-refractivity contribution in [3.63, 3.8) is 0 Å². The van der Waals surface area contributed by atoms with Crippen LogP contribution in [0.1, 0.15) is 13.3 Å². The summed E-state index contributed by atoms with van der Waals surface area (Å²) in [6.45, 7) is 1.85. The van der Waals surface area contributed by atoms with Gasteiger partial charge in [-0.05, 0) is 18.6 Å². The molecule has 0 unspecified atom stereocenters. The van der Waals surface area contributed by atoms with Crippen LogP contribution in [-0.2, 0) is 4.79 Å². The molecule has 0 spiro atoms. The normalized spacial score (nSPS) is 11.9. The molecule has 1 heterocycles. The number of nitrogens with two attached hydrogens (primary N) is 1. The fraction of sp³-hybridized carbons (Fsp3) is 0.400. The van der Waals surface area contributed by atoms with Gasteiger partial charge in [0.2, 0.25) is 11.8 Å². The van der Waals surface area contributed by atoms with Gasteiger partial charge in [-0.1, -0.05) is 6.92 Å². The Morgan fingerprint density at radius 3 is 3.07 bits per heavy atom. The Labute approximate surface area is 88.6 Å². The number of pyridine rings is 1. The lowest BCUT2D eigenvalue weighted by Crippen LogP contribution is -2.34. The lowest BCUT2D eigenvalue weighted by molar-refractivity contribution is -0.117. The third-order valence-corrected chi connectivity index (χ3v) is 2.00. The van der Waals surface area contributed by atoms with Crippen molar-refractivity contribution in [3.05, 3.63) is 18.3 Å². The van der Waals surface area contributed by atoms with Gasteiger partial charge in [0.05, 0.1) is 13.2 Å². The highest BCUT2D eigenvalue weighted by molar-refractivity contribution is 5.95. The van der Waals surface area contributed by atoms with Crippen LogP contribution in [0.25, 0.3) is 0 Å². The monoisotopic (exact) mass is 209 g/mol. The lowest BCUT2D eigenvalue weighted by Gasteiger charge is -2.11. The van der Waals surface area contributed by atoms with E-state index in [1.165, 1.54) is 7.11 Å². The van der Waals surface area contributed by atoms with Crippen molar-refractivity contribution in [2.45, 2.75) is 19.4 Å². The molecule has 0 aromatic carbocycles. The van der Waals surface area contributed by atoms with E-state index in [2.05, 4.69) is 10.3 Å². The molecule has 0 radical (unpaired) electrons. The third kappa shape index (κ3) is 2.92. The molecule has 1 aromatic heterocycles. The summed E-state index contributed by atoms with van der Waals surface area (Å²) in [6.07, 6.45) is 2.18. The maximum Gasteiger partial charge on any atom is 0.241 e. The fourth-order valence-electron chi connectivity index (χ4n) is 1.06. The van der Waals surface area contributed by atoms with Gasteiger partial charge in [0.1, 0.15) is 5.69 Å². The van der Waals surface area contributed by atoms with E-state index in [9.17, 15) is 4.79 Å². The average molecular weight is 209 g/mol. The summed E-state index contributed by atoms with van der Waals surface area (Å²) in [6, 6.07) is 2.93. The number of hydrogen-bond donors (Lipinski definition) is 2. The van der Waals surface area contributed by atoms with Crippen LogP contribution >= 0.6 is 0 Å². The first kappa shape index (κ1) is 11.5. The number of nitrogens with one attached hydrogen (secondary N) is 1. The first-order valence-electron chi connectivity index (χ1n) is 4.74. The highest BCUT2D eigenvalue weighted by Crippen LogP contribution is 2.19. The maximum atomic E-state index is 11.5. The number of ether oxygens (including phenoxy) is 1. The van der Waals surface area contributed by atoms with Crippen molar-refractivity contribution >= 4 is 11.6 Å². The van der Waals surface area contributed by atoms with Gasteiger partial charge in [0, 0.05) is 6.20 Å². The van der Waals surface area contributed by atoms with Crippen LogP contribution in [0.15, 0.2) is 18.3 Å². The number of anilines is 1. The zero-order chi connectivity index (χ0) is 11.3. The fourth-order valence-corrected chi connectivity index (χ4v) is 1.06. The standard InChI is InChI=1S/C10H15N3O2/c1-3-7(11)9(14)13-8-5-4-6-12-10(8)15-2/h4-7H,3,11H2,1-2H3,(H,13,14)/t7-/m0/s1. The molecule has 0 aliphatic heterocycles. The van der Waals surface area contributed by atoms with Gasteiger partial charge in [-0.2, -0.15) is 0 Å². The molecule has 1 atom stereocenters. The SMILES string of the molecule is CC[C@H](N)C(=O)Nc1cccnc1OC. The van der Waals surface area contributed by atoms with E-state index in [0.717, 1.165) is 0 Å². The molecule has 82 valence electrons. The van der Waals surface area contributed by atoms with E-state index in [-0.39, 0.29) is 5.91 Å². The number of hydrogen-bond acceptors (Lipinski definition) is 4. The predicted molar refractivity (Wildman–Crippen MR) is 57.7 cm³/mol. The molecule has 0 saturated carbocycles. The number of amides is 1. The minimum absolute atomic E-state index is 0.233. The Hall–Kier alpha value is -1.62. The number of carbonyl (C=O) groups is 1. The molecule has 5 nitrogen and oxygen atoms in total. The van der Waals surface area contributed by atoms with Crippen LogP contribution in [0.2, 0.25) is 0 Å². The lowest BCUT2D eigenvalue weighted by atomic mass is 10.2. The Morgan fingerprint density at radius 1 is 1.73 bits per heavy atom. The van der Waals surface area contributed by atoms with Gasteiger partial charge in [0.25, 0.3) is 0 Å². The molecular weight excluding hydrogens is 194 g/mol. The first-order chi connectivity index (χ1) is 7.19. The van der Waals surface area contributed by atoms with E-state index in [4.69, 9.17) is 10.5 Å². The van der Waals surface area contributed by atoms with Crippen LogP contribution in [0.3, 0.4) is 0 Å². The van der Waals surface area contributed by atoms with Gasteiger partial charge >= 0.3 is 0 Å². The maximum absolute atomic E-state index is 11.5. The van der Waals surface area contributed by atoms with Crippen LogP contribution in [0.5, 0.6) is 5.88 Å². The van der Waals surface area contributed by atoms with E-state index in [0.29, 0.717) is 18.0 Å². The van der Waals surface area contributed by atoms with Gasteiger partial charge < -0.3 is 15.8 Å². The summed E-state index contributed by atoms with van der Waals surface area (Å²) in [5.74, 6) is 0.151. The largest absolute Gasteiger partial charge is 0.480 e. The van der Waals surface area contributed by atoms with Gasteiger partial charge in [-0.3, -0.25) is 4.79 Å². The second kappa shape index (κ2) is 5.31. The number of carbonyl (C=O) groups excluding carboxylic acids is 1. The molecule has 0 bridgehead atoms. The molecule has 1 rings (SSSR count). The van der Waals surface area contributed by atoms with Crippen molar-refractivity contribution in [2.24, 2.45) is 5.73 Å². The predicted octanol–water partition coefficient (Wildman–Crippen LogP) is 0.766. The molecule has 1 amide bonds. The average Bonchev–Trinajstić information content (AvgIpc) is 2.28. The minimum Gasteiger partial charge on any atom is -0.480 e. The van der Waals surface area contributed by atoms with E-state index in [1.54, 1.807) is 18.3 Å². The Kier molecular flexibility index (Phi) is 4.05. The third-order valence-electron chi connectivity index (χ3n) is 2.00. The van der Waals surface area contributed by atoms with Crippen LogP contribution < -0.4 is 15.8 Å². The number of rotatable bonds is 4. The van der Waals surface area contributed by atoms with Crippen LogP contribution in [0.4, 0.5) is 5.69 Å². The summed E-state index contributed by atoms with van der Waals surface area (Å²) in [5.41, 5.74) is 6.12. The topological polar surface area (TPSA) is 77.2 Å². The Morgan fingerprint density at radius 2 is 2.47 bits per heavy atom. The quantitative estimate of drug-likeness (QED) is 0.767. The number of nitrogens with zero attached hydrogens (tertiary/aromatic N) is 1.